The summed E-state index contributed by atoms with van der Waals surface area (Å²) in [5.41, 5.74) is 4.09. The molecule has 1 aromatic carbocycles. The minimum Gasteiger partial charge on any atom is -0.392 e. The van der Waals surface area contributed by atoms with E-state index >= 15 is 0 Å². The predicted molar refractivity (Wildman–Crippen MR) is 63.4 cm³/mol. The molecule has 0 bridgehead atoms. The zero-order chi connectivity index (χ0) is 11.1. The minimum absolute atomic E-state index is 0.0497. The third kappa shape index (κ3) is 1.15. The van der Waals surface area contributed by atoms with Crippen molar-refractivity contribution in [2.75, 3.05) is 0 Å². The van der Waals surface area contributed by atoms with E-state index in [0.29, 0.717) is 0 Å². The molecule has 3 heteroatoms. The molecule has 0 fully saturated rings. The normalized spacial score (nSPS) is 11.4. The first kappa shape index (κ1) is 9.36. The van der Waals surface area contributed by atoms with Crippen LogP contribution < -0.4 is 0 Å². The molecule has 0 amide bonds. The van der Waals surface area contributed by atoms with Crippen LogP contribution in [0.15, 0.2) is 36.7 Å². The minimum atomic E-state index is 0.0497. The number of benzene rings is 1. The second-order valence-electron chi connectivity index (χ2n) is 3.95. The molecule has 0 radical (unpaired) electrons. The Bertz CT molecular complexity index is 670. The summed E-state index contributed by atoms with van der Waals surface area (Å²) < 4.78 is 2.02. The van der Waals surface area contributed by atoms with Gasteiger partial charge in [-0.25, -0.2) is 4.98 Å². The molecule has 3 rings (SSSR count). The molecule has 16 heavy (non-hydrogen) atoms. The summed E-state index contributed by atoms with van der Waals surface area (Å²) in [6.45, 7) is 2.12. The van der Waals surface area contributed by atoms with E-state index in [1.807, 2.05) is 22.7 Å². The van der Waals surface area contributed by atoms with Crippen LogP contribution in [-0.4, -0.2) is 14.5 Å². The van der Waals surface area contributed by atoms with E-state index in [2.05, 4.69) is 24.0 Å². The molecule has 0 aliphatic heterocycles. The number of pyridine rings is 1. The molecule has 0 saturated carbocycles. The second-order valence-corrected chi connectivity index (χ2v) is 3.95. The SMILES string of the molecule is Cc1cc2nccn2c2c(CO)cccc12. The van der Waals surface area contributed by atoms with E-state index in [9.17, 15) is 5.11 Å². The van der Waals surface area contributed by atoms with Crippen LogP contribution in [-0.2, 0) is 6.61 Å². The fourth-order valence-corrected chi connectivity index (χ4v) is 2.20. The molecule has 2 aromatic heterocycles. The Hall–Kier alpha value is -1.87. The number of hydrogen-bond acceptors (Lipinski definition) is 2. The van der Waals surface area contributed by atoms with Crippen molar-refractivity contribution in [3.05, 3.63) is 47.8 Å². The first-order chi connectivity index (χ1) is 7.81. The molecule has 1 N–H and O–H groups in total. The van der Waals surface area contributed by atoms with Gasteiger partial charge in [-0.05, 0) is 18.6 Å². The molecular weight excluding hydrogens is 200 g/mol. The summed E-state index contributed by atoms with van der Waals surface area (Å²) in [5.74, 6) is 0. The lowest BCUT2D eigenvalue weighted by atomic mass is 10.1. The maximum atomic E-state index is 9.39. The highest BCUT2D eigenvalue weighted by Crippen LogP contribution is 2.24. The van der Waals surface area contributed by atoms with Crippen LogP contribution in [0.5, 0.6) is 0 Å². The zero-order valence-electron chi connectivity index (χ0n) is 9.01. The van der Waals surface area contributed by atoms with Gasteiger partial charge >= 0.3 is 0 Å². The Balaban J connectivity index is 2.62. The summed E-state index contributed by atoms with van der Waals surface area (Å²) in [6.07, 6.45) is 3.71. The van der Waals surface area contributed by atoms with Crippen LogP contribution >= 0.6 is 0 Å². The van der Waals surface area contributed by atoms with Crippen molar-refractivity contribution < 1.29 is 5.11 Å². The second kappa shape index (κ2) is 3.32. The highest BCUT2D eigenvalue weighted by Gasteiger charge is 2.07. The topological polar surface area (TPSA) is 37.5 Å². The smallest absolute Gasteiger partial charge is 0.137 e. The number of nitrogens with zero attached hydrogens (tertiary/aromatic N) is 2. The number of rotatable bonds is 1. The molecule has 2 heterocycles. The molecule has 0 aliphatic carbocycles. The summed E-state index contributed by atoms with van der Waals surface area (Å²) in [4.78, 5) is 4.29. The number of para-hydroxylation sites is 1. The third-order valence-electron chi connectivity index (χ3n) is 2.97. The van der Waals surface area contributed by atoms with Gasteiger partial charge in [0.25, 0.3) is 0 Å². The summed E-state index contributed by atoms with van der Waals surface area (Å²) in [7, 11) is 0. The van der Waals surface area contributed by atoms with E-state index in [0.717, 1.165) is 22.1 Å². The number of aliphatic hydroxyl groups excluding tert-OH is 1. The molecule has 0 saturated heterocycles. The number of imidazole rings is 1. The quantitative estimate of drug-likeness (QED) is 0.672. The van der Waals surface area contributed by atoms with Gasteiger partial charge in [-0.1, -0.05) is 18.2 Å². The van der Waals surface area contributed by atoms with Crippen molar-refractivity contribution in [3.8, 4) is 0 Å². The molecule has 0 aliphatic rings. The first-order valence-electron chi connectivity index (χ1n) is 5.26. The molecule has 3 aromatic rings. The molecule has 0 unspecified atom stereocenters. The van der Waals surface area contributed by atoms with Crippen LogP contribution in [0.25, 0.3) is 16.6 Å². The van der Waals surface area contributed by atoms with Gasteiger partial charge in [0, 0.05) is 23.3 Å². The van der Waals surface area contributed by atoms with Gasteiger partial charge in [0.2, 0.25) is 0 Å². The fourth-order valence-electron chi connectivity index (χ4n) is 2.20. The van der Waals surface area contributed by atoms with Crippen LogP contribution in [0.2, 0.25) is 0 Å². The van der Waals surface area contributed by atoms with Crippen LogP contribution in [0.4, 0.5) is 0 Å². The Morgan fingerprint density at radius 2 is 2.25 bits per heavy atom. The summed E-state index contributed by atoms with van der Waals surface area (Å²) in [5, 5.41) is 10.6. The van der Waals surface area contributed by atoms with Crippen molar-refractivity contribution in [2.45, 2.75) is 13.5 Å². The van der Waals surface area contributed by atoms with Gasteiger partial charge in [-0.3, -0.25) is 4.40 Å². The fraction of sp³-hybridized carbons (Fsp3) is 0.154. The molecular formula is C13H12N2O. The number of aliphatic hydroxyl groups is 1. The number of fused-ring (bicyclic) bond motifs is 3. The van der Waals surface area contributed by atoms with Crippen LogP contribution in [0.3, 0.4) is 0 Å². The summed E-state index contributed by atoms with van der Waals surface area (Å²) >= 11 is 0. The molecule has 80 valence electrons. The Morgan fingerprint density at radius 3 is 3.06 bits per heavy atom. The highest BCUT2D eigenvalue weighted by atomic mass is 16.3. The lowest BCUT2D eigenvalue weighted by molar-refractivity contribution is 0.283. The highest BCUT2D eigenvalue weighted by molar-refractivity contribution is 5.88. The van der Waals surface area contributed by atoms with E-state index in [-0.39, 0.29) is 6.61 Å². The lowest BCUT2D eigenvalue weighted by Gasteiger charge is -2.09. The van der Waals surface area contributed by atoms with Crippen LogP contribution in [0.1, 0.15) is 11.1 Å². The average Bonchev–Trinajstić information content (AvgIpc) is 2.76. The summed E-state index contributed by atoms with van der Waals surface area (Å²) in [6, 6.07) is 8.05. The zero-order valence-corrected chi connectivity index (χ0v) is 9.01. The van der Waals surface area contributed by atoms with Gasteiger partial charge in [0.15, 0.2) is 0 Å². The first-order valence-corrected chi connectivity index (χ1v) is 5.26. The average molecular weight is 212 g/mol. The Labute approximate surface area is 93.0 Å². The Kier molecular flexibility index (Phi) is 1.94. The van der Waals surface area contributed by atoms with Crippen LogP contribution in [0, 0.1) is 6.92 Å². The largest absolute Gasteiger partial charge is 0.392 e. The number of aryl methyl sites for hydroxylation is 1. The van der Waals surface area contributed by atoms with Gasteiger partial charge in [-0.2, -0.15) is 0 Å². The van der Waals surface area contributed by atoms with Gasteiger partial charge in [-0.15, -0.1) is 0 Å². The van der Waals surface area contributed by atoms with E-state index < -0.39 is 0 Å². The van der Waals surface area contributed by atoms with E-state index in [1.165, 1.54) is 5.56 Å². The standard InChI is InChI=1S/C13H12N2O/c1-9-7-12-14-5-6-15(12)13-10(8-16)3-2-4-11(9)13/h2-7,16H,8H2,1H3. The van der Waals surface area contributed by atoms with E-state index in [1.54, 1.807) is 6.20 Å². The maximum Gasteiger partial charge on any atom is 0.137 e. The number of hydrogen-bond donors (Lipinski definition) is 1. The Morgan fingerprint density at radius 1 is 1.38 bits per heavy atom. The monoisotopic (exact) mass is 212 g/mol. The van der Waals surface area contributed by atoms with Crippen molar-refractivity contribution in [1.29, 1.82) is 0 Å². The van der Waals surface area contributed by atoms with Crippen molar-refractivity contribution in [2.24, 2.45) is 0 Å². The maximum absolute atomic E-state index is 9.39. The van der Waals surface area contributed by atoms with Gasteiger partial charge < -0.3 is 5.11 Å². The molecule has 0 atom stereocenters. The van der Waals surface area contributed by atoms with E-state index in [4.69, 9.17) is 0 Å². The van der Waals surface area contributed by atoms with Gasteiger partial charge in [0.05, 0.1) is 12.1 Å². The number of aromatic nitrogens is 2. The van der Waals surface area contributed by atoms with Crippen molar-refractivity contribution in [1.82, 2.24) is 9.38 Å². The third-order valence-corrected chi connectivity index (χ3v) is 2.97. The lowest BCUT2D eigenvalue weighted by Crippen LogP contribution is -1.95. The van der Waals surface area contributed by atoms with Crippen molar-refractivity contribution in [3.63, 3.8) is 0 Å². The molecule has 3 nitrogen and oxygen atoms in total. The molecule has 0 spiro atoms. The van der Waals surface area contributed by atoms with Gasteiger partial charge in [0.1, 0.15) is 5.65 Å². The predicted octanol–water partition coefficient (Wildman–Crippen LogP) is 2.29. The van der Waals surface area contributed by atoms with Crippen molar-refractivity contribution >= 4 is 16.6 Å².